The van der Waals surface area contributed by atoms with Crippen molar-refractivity contribution in [3.8, 4) is 0 Å². The van der Waals surface area contributed by atoms with Crippen molar-refractivity contribution in [1.29, 1.82) is 0 Å². The van der Waals surface area contributed by atoms with Gasteiger partial charge >= 0.3 is 0 Å². The van der Waals surface area contributed by atoms with Gasteiger partial charge in [-0.2, -0.15) is 0 Å². The number of unbranched alkanes of at least 4 members (excludes halogenated alkanes) is 2. The van der Waals surface area contributed by atoms with Crippen LogP contribution in [0, 0.1) is 11.8 Å². The Morgan fingerprint density at radius 2 is 0.967 bits per heavy atom. The first-order valence-electron chi connectivity index (χ1n) is 12.0. The quantitative estimate of drug-likeness (QED) is 0.302. The molecule has 0 saturated heterocycles. The maximum absolute atomic E-state index is 5.58. The first-order valence-corrected chi connectivity index (χ1v) is 12.8. The van der Waals surface area contributed by atoms with Gasteiger partial charge in [-0.25, -0.2) is 0 Å². The monoisotopic (exact) mass is 448 g/mol. The zero-order valence-electron chi connectivity index (χ0n) is 19.6. The highest BCUT2D eigenvalue weighted by molar-refractivity contribution is 6.41. The minimum absolute atomic E-state index is 0.606. The Labute approximate surface area is 196 Å². The standard InChI is InChI=1S/C22H38.C6H4Cl2/c1-5-9-13-19(7-3)17-21-15-11-12-16-22(21)18-20(8-4)14-10-6-2;7-5-3-1-2-4-6(5)8/h11-12,15-16,19-20H,5-10,13-14,17-18H2,1-4H3;1-4H. The second-order valence-electron chi connectivity index (χ2n) is 8.42. The van der Waals surface area contributed by atoms with Crippen LogP contribution in [0.3, 0.4) is 0 Å². The molecule has 0 saturated carbocycles. The Morgan fingerprint density at radius 3 is 1.27 bits per heavy atom. The van der Waals surface area contributed by atoms with Crippen molar-refractivity contribution >= 4 is 23.2 Å². The fraction of sp³-hybridized carbons (Fsp3) is 0.571. The zero-order valence-corrected chi connectivity index (χ0v) is 21.1. The van der Waals surface area contributed by atoms with E-state index in [0.29, 0.717) is 10.0 Å². The third-order valence-electron chi connectivity index (χ3n) is 6.05. The molecule has 0 spiro atoms. The highest BCUT2D eigenvalue weighted by Gasteiger charge is 2.13. The molecule has 0 fully saturated rings. The van der Waals surface area contributed by atoms with Crippen LogP contribution in [0.25, 0.3) is 0 Å². The highest BCUT2D eigenvalue weighted by atomic mass is 35.5. The van der Waals surface area contributed by atoms with Gasteiger partial charge in [0.05, 0.1) is 10.0 Å². The molecule has 0 aliphatic carbocycles. The minimum Gasteiger partial charge on any atom is -0.0827 e. The van der Waals surface area contributed by atoms with Crippen LogP contribution >= 0.6 is 23.2 Å². The number of rotatable bonds is 12. The largest absolute Gasteiger partial charge is 0.0827 e. The lowest BCUT2D eigenvalue weighted by atomic mass is 9.85. The van der Waals surface area contributed by atoms with Crippen molar-refractivity contribution in [3.63, 3.8) is 0 Å². The topological polar surface area (TPSA) is 0 Å². The molecule has 0 aliphatic heterocycles. The van der Waals surface area contributed by atoms with Crippen LogP contribution in [0.15, 0.2) is 48.5 Å². The molecular weight excluding hydrogens is 407 g/mol. The number of hydrogen-bond acceptors (Lipinski definition) is 0. The summed E-state index contributed by atoms with van der Waals surface area (Å²) < 4.78 is 0. The van der Waals surface area contributed by atoms with Gasteiger partial charge in [0.2, 0.25) is 0 Å². The lowest BCUT2D eigenvalue weighted by Crippen LogP contribution is -2.09. The van der Waals surface area contributed by atoms with E-state index in [0.717, 1.165) is 11.8 Å². The summed E-state index contributed by atoms with van der Waals surface area (Å²) in [5, 5.41) is 1.21. The summed E-state index contributed by atoms with van der Waals surface area (Å²) in [6, 6.07) is 16.4. The van der Waals surface area contributed by atoms with E-state index < -0.39 is 0 Å². The van der Waals surface area contributed by atoms with Crippen molar-refractivity contribution in [2.24, 2.45) is 11.8 Å². The lowest BCUT2D eigenvalue weighted by Gasteiger charge is -2.20. The maximum atomic E-state index is 5.58. The molecule has 0 nitrogen and oxygen atoms in total. The lowest BCUT2D eigenvalue weighted by molar-refractivity contribution is 0.434. The van der Waals surface area contributed by atoms with E-state index in [1.807, 2.05) is 12.1 Å². The van der Waals surface area contributed by atoms with Gasteiger partial charge < -0.3 is 0 Å². The molecule has 2 rings (SSSR count). The molecule has 30 heavy (non-hydrogen) atoms. The van der Waals surface area contributed by atoms with Crippen LogP contribution in [0.1, 0.15) is 90.2 Å². The Kier molecular flexibility index (Phi) is 15.0. The predicted molar refractivity (Wildman–Crippen MR) is 137 cm³/mol. The second kappa shape index (κ2) is 16.7. The van der Waals surface area contributed by atoms with Crippen LogP contribution < -0.4 is 0 Å². The van der Waals surface area contributed by atoms with Gasteiger partial charge in [-0.1, -0.05) is 139 Å². The van der Waals surface area contributed by atoms with Crippen LogP contribution in [-0.4, -0.2) is 0 Å². The van der Waals surface area contributed by atoms with Gasteiger partial charge in [0, 0.05) is 0 Å². The molecule has 2 unspecified atom stereocenters. The minimum atomic E-state index is 0.606. The average molecular weight is 450 g/mol. The van der Waals surface area contributed by atoms with E-state index in [1.165, 1.54) is 64.2 Å². The predicted octanol–water partition coefficient (Wildman–Crippen LogP) is 10.2. The van der Waals surface area contributed by atoms with Crippen LogP contribution in [0.5, 0.6) is 0 Å². The smallest absolute Gasteiger partial charge is 0.0592 e. The number of hydrogen-bond donors (Lipinski definition) is 0. The third kappa shape index (κ3) is 10.9. The van der Waals surface area contributed by atoms with E-state index >= 15 is 0 Å². The van der Waals surface area contributed by atoms with Crippen LogP contribution in [-0.2, 0) is 12.8 Å². The summed E-state index contributed by atoms with van der Waals surface area (Å²) in [6.45, 7) is 9.33. The van der Waals surface area contributed by atoms with Gasteiger partial charge in [0.1, 0.15) is 0 Å². The first-order chi connectivity index (χ1) is 14.5. The third-order valence-corrected chi connectivity index (χ3v) is 6.80. The molecule has 2 atom stereocenters. The molecule has 0 bridgehead atoms. The van der Waals surface area contributed by atoms with Gasteiger partial charge in [-0.05, 0) is 47.9 Å². The van der Waals surface area contributed by atoms with Crippen molar-refractivity contribution in [1.82, 2.24) is 0 Å². The summed E-state index contributed by atoms with van der Waals surface area (Å²) in [4.78, 5) is 0. The second-order valence-corrected chi connectivity index (χ2v) is 9.24. The number of benzene rings is 2. The Bertz CT molecular complexity index is 622. The van der Waals surface area contributed by atoms with Crippen LogP contribution in [0.4, 0.5) is 0 Å². The fourth-order valence-electron chi connectivity index (χ4n) is 3.90. The molecule has 2 aromatic rings. The molecule has 0 heterocycles. The molecule has 2 aromatic carbocycles. The summed E-state index contributed by atoms with van der Waals surface area (Å²) in [6.07, 6.45) is 13.4. The van der Waals surface area contributed by atoms with E-state index in [9.17, 15) is 0 Å². The number of halogens is 2. The van der Waals surface area contributed by atoms with Crippen molar-refractivity contribution < 1.29 is 0 Å². The van der Waals surface area contributed by atoms with Gasteiger partial charge in [-0.3, -0.25) is 0 Å². The molecule has 2 heteroatoms. The molecular formula is C28H42Cl2. The SMILES string of the molecule is CCCCC(CC)Cc1ccccc1CC(CC)CCCC.Clc1ccccc1Cl. The molecule has 0 amide bonds. The Balaban J connectivity index is 0.000000467. The van der Waals surface area contributed by atoms with Gasteiger partial charge in [0.25, 0.3) is 0 Å². The van der Waals surface area contributed by atoms with E-state index in [1.54, 1.807) is 23.3 Å². The maximum Gasteiger partial charge on any atom is 0.0592 e. The van der Waals surface area contributed by atoms with E-state index in [-0.39, 0.29) is 0 Å². The first kappa shape index (κ1) is 27.1. The molecule has 0 N–H and O–H groups in total. The Hall–Kier alpha value is -0.980. The van der Waals surface area contributed by atoms with Crippen molar-refractivity contribution in [3.05, 3.63) is 69.7 Å². The summed E-state index contributed by atoms with van der Waals surface area (Å²) in [7, 11) is 0. The van der Waals surface area contributed by atoms with Gasteiger partial charge in [0.15, 0.2) is 0 Å². The molecule has 168 valence electrons. The van der Waals surface area contributed by atoms with Crippen molar-refractivity contribution in [2.45, 2.75) is 91.9 Å². The fourth-order valence-corrected chi connectivity index (χ4v) is 4.18. The summed E-state index contributed by atoms with van der Waals surface area (Å²) in [5.74, 6) is 1.74. The summed E-state index contributed by atoms with van der Waals surface area (Å²) in [5.41, 5.74) is 3.25. The highest BCUT2D eigenvalue weighted by Crippen LogP contribution is 2.25. The average Bonchev–Trinajstić information content (AvgIpc) is 2.77. The molecule has 0 aliphatic rings. The zero-order chi connectivity index (χ0) is 22.2. The molecule has 0 radical (unpaired) electrons. The van der Waals surface area contributed by atoms with Gasteiger partial charge in [-0.15, -0.1) is 0 Å². The van der Waals surface area contributed by atoms with Crippen LogP contribution in [0.2, 0.25) is 10.0 Å². The van der Waals surface area contributed by atoms with E-state index in [2.05, 4.69) is 52.0 Å². The Morgan fingerprint density at radius 1 is 0.600 bits per heavy atom. The van der Waals surface area contributed by atoms with Crippen molar-refractivity contribution in [2.75, 3.05) is 0 Å². The summed E-state index contributed by atoms with van der Waals surface area (Å²) >= 11 is 11.2. The normalized spacial score (nSPS) is 12.7. The van der Waals surface area contributed by atoms with E-state index in [4.69, 9.17) is 23.2 Å². The molecule has 0 aromatic heterocycles.